The molecule has 3 unspecified atom stereocenters. The van der Waals surface area contributed by atoms with E-state index in [9.17, 15) is 13.2 Å². The fourth-order valence-electron chi connectivity index (χ4n) is 2.45. The van der Waals surface area contributed by atoms with Gasteiger partial charge in [0, 0.05) is 0 Å². The summed E-state index contributed by atoms with van der Waals surface area (Å²) in [6.07, 6.45) is -2.87. The van der Waals surface area contributed by atoms with E-state index < -0.39 is 24.8 Å². The molecule has 0 aliphatic heterocycles. The van der Waals surface area contributed by atoms with Gasteiger partial charge in [0.2, 0.25) is 0 Å². The zero-order valence-electron chi connectivity index (χ0n) is 11.0. The van der Waals surface area contributed by atoms with E-state index in [1.807, 2.05) is 0 Å². The number of alkyl halides is 3. The lowest BCUT2D eigenvalue weighted by Gasteiger charge is -2.39. The maximum atomic E-state index is 12.2. The van der Waals surface area contributed by atoms with Gasteiger partial charge in [-0.15, -0.1) is 0 Å². The normalized spacial score (nSPS) is 29.9. The van der Waals surface area contributed by atoms with Crippen LogP contribution < -0.4 is 0 Å². The van der Waals surface area contributed by atoms with E-state index in [1.165, 1.54) is 0 Å². The van der Waals surface area contributed by atoms with Crippen LogP contribution in [0.4, 0.5) is 13.2 Å². The largest absolute Gasteiger partial charge is 0.411 e. The molecule has 0 amide bonds. The minimum Gasteiger partial charge on any atom is -0.367 e. The molecule has 0 spiro atoms. The summed E-state index contributed by atoms with van der Waals surface area (Å²) in [5.74, 6) is -0.105. The molecule has 0 bridgehead atoms. The van der Waals surface area contributed by atoms with E-state index in [2.05, 4.69) is 26.8 Å². The summed E-state index contributed by atoms with van der Waals surface area (Å²) in [6, 6.07) is 2.07. The number of halogens is 3. The summed E-state index contributed by atoms with van der Waals surface area (Å²) in [5.41, 5.74) is 0.0419. The first kappa shape index (κ1) is 15.3. The van der Waals surface area contributed by atoms with Crippen molar-refractivity contribution in [3.8, 4) is 6.07 Å². The second-order valence-corrected chi connectivity index (χ2v) is 6.08. The van der Waals surface area contributed by atoms with E-state index in [0.717, 1.165) is 6.42 Å². The molecule has 1 aliphatic rings. The van der Waals surface area contributed by atoms with Crippen LogP contribution >= 0.6 is 0 Å². The number of nitrogens with zero attached hydrogens (tertiary/aromatic N) is 1. The van der Waals surface area contributed by atoms with E-state index in [-0.39, 0.29) is 5.41 Å². The van der Waals surface area contributed by atoms with Crippen molar-refractivity contribution in [3.63, 3.8) is 0 Å². The molecule has 1 saturated carbocycles. The first-order valence-electron chi connectivity index (χ1n) is 6.21. The molecule has 5 heteroatoms. The third-order valence-corrected chi connectivity index (χ3v) is 3.64. The summed E-state index contributed by atoms with van der Waals surface area (Å²) in [6.45, 7) is 4.97. The third-order valence-electron chi connectivity index (χ3n) is 3.64. The van der Waals surface area contributed by atoms with E-state index >= 15 is 0 Å². The molecule has 18 heavy (non-hydrogen) atoms. The SMILES string of the molecule is CC(C)(C)C1CCC(C#N)C(OCC(F)(F)F)C1. The zero-order valence-corrected chi connectivity index (χ0v) is 11.0. The van der Waals surface area contributed by atoms with Gasteiger partial charge in [-0.1, -0.05) is 20.8 Å². The molecule has 0 heterocycles. The monoisotopic (exact) mass is 263 g/mol. The predicted octanol–water partition coefficient (Wildman–Crippen LogP) is 3.92. The van der Waals surface area contributed by atoms with E-state index in [0.29, 0.717) is 18.8 Å². The van der Waals surface area contributed by atoms with Crippen LogP contribution in [0.5, 0.6) is 0 Å². The highest BCUT2D eigenvalue weighted by Crippen LogP contribution is 2.41. The molecule has 104 valence electrons. The molecule has 0 aromatic rings. The minimum absolute atomic E-state index is 0.0419. The molecule has 1 fully saturated rings. The van der Waals surface area contributed by atoms with Crippen LogP contribution in [0.25, 0.3) is 0 Å². The highest BCUT2D eigenvalue weighted by molar-refractivity contribution is 4.96. The van der Waals surface area contributed by atoms with Gasteiger partial charge >= 0.3 is 6.18 Å². The van der Waals surface area contributed by atoms with Crippen LogP contribution in [-0.4, -0.2) is 18.9 Å². The average Bonchev–Trinajstić information content (AvgIpc) is 2.23. The number of nitriles is 1. The maximum Gasteiger partial charge on any atom is 0.411 e. The van der Waals surface area contributed by atoms with Gasteiger partial charge in [-0.2, -0.15) is 18.4 Å². The van der Waals surface area contributed by atoms with Gasteiger partial charge in [0.1, 0.15) is 6.61 Å². The summed E-state index contributed by atoms with van der Waals surface area (Å²) < 4.78 is 41.4. The van der Waals surface area contributed by atoms with Crippen molar-refractivity contribution in [3.05, 3.63) is 0 Å². The van der Waals surface area contributed by atoms with Gasteiger partial charge in [-0.05, 0) is 30.6 Å². The number of hydrogen-bond donors (Lipinski definition) is 0. The lowest BCUT2D eigenvalue weighted by molar-refractivity contribution is -0.194. The third kappa shape index (κ3) is 4.49. The Morgan fingerprint density at radius 2 is 1.83 bits per heavy atom. The van der Waals surface area contributed by atoms with Gasteiger partial charge in [-0.3, -0.25) is 0 Å². The quantitative estimate of drug-likeness (QED) is 0.756. The maximum absolute atomic E-state index is 12.2. The van der Waals surface area contributed by atoms with Gasteiger partial charge in [0.05, 0.1) is 18.1 Å². The van der Waals surface area contributed by atoms with Crippen molar-refractivity contribution in [2.75, 3.05) is 6.61 Å². The van der Waals surface area contributed by atoms with Gasteiger partial charge < -0.3 is 4.74 Å². The molecule has 3 atom stereocenters. The molecule has 0 saturated heterocycles. The fraction of sp³-hybridized carbons (Fsp3) is 0.923. The summed E-state index contributed by atoms with van der Waals surface area (Å²) in [4.78, 5) is 0. The Morgan fingerprint density at radius 1 is 1.22 bits per heavy atom. The Balaban J connectivity index is 2.63. The molecule has 1 rings (SSSR count). The lowest BCUT2D eigenvalue weighted by atomic mass is 9.69. The van der Waals surface area contributed by atoms with Gasteiger partial charge in [0.25, 0.3) is 0 Å². The van der Waals surface area contributed by atoms with Crippen molar-refractivity contribution >= 4 is 0 Å². The molecule has 0 aromatic carbocycles. The van der Waals surface area contributed by atoms with Crippen molar-refractivity contribution < 1.29 is 17.9 Å². The predicted molar refractivity (Wildman–Crippen MR) is 61.7 cm³/mol. The standard InChI is InChI=1S/C13H20F3NO/c1-12(2,3)10-5-4-9(7-17)11(6-10)18-8-13(14,15)16/h9-11H,4-6,8H2,1-3H3. The van der Waals surface area contributed by atoms with Gasteiger partial charge in [0.15, 0.2) is 0 Å². The van der Waals surface area contributed by atoms with Crippen molar-refractivity contribution in [1.82, 2.24) is 0 Å². The Bertz CT molecular complexity index is 314. The van der Waals surface area contributed by atoms with Crippen molar-refractivity contribution in [2.45, 2.75) is 52.3 Å². The zero-order chi connectivity index (χ0) is 14.0. The van der Waals surface area contributed by atoms with Gasteiger partial charge in [-0.25, -0.2) is 0 Å². The highest BCUT2D eigenvalue weighted by Gasteiger charge is 2.38. The molecular formula is C13H20F3NO. The fourth-order valence-corrected chi connectivity index (χ4v) is 2.45. The number of ether oxygens (including phenoxy) is 1. The van der Waals surface area contributed by atoms with Crippen LogP contribution in [0.2, 0.25) is 0 Å². The Hall–Kier alpha value is -0.760. The summed E-state index contributed by atoms with van der Waals surface area (Å²) in [7, 11) is 0. The second kappa shape index (κ2) is 5.48. The Kier molecular flexibility index (Phi) is 4.66. The molecule has 2 nitrogen and oxygen atoms in total. The van der Waals surface area contributed by atoms with E-state index in [4.69, 9.17) is 10.00 Å². The average molecular weight is 263 g/mol. The first-order valence-corrected chi connectivity index (χ1v) is 6.21. The topological polar surface area (TPSA) is 33.0 Å². The first-order chi connectivity index (χ1) is 8.13. The van der Waals surface area contributed by atoms with Crippen LogP contribution in [-0.2, 0) is 4.74 Å². The summed E-state index contributed by atoms with van der Waals surface area (Å²) >= 11 is 0. The van der Waals surface area contributed by atoms with Crippen LogP contribution in [0, 0.1) is 28.6 Å². The van der Waals surface area contributed by atoms with E-state index in [1.54, 1.807) is 0 Å². The number of rotatable bonds is 2. The molecule has 0 radical (unpaired) electrons. The van der Waals surface area contributed by atoms with Crippen LogP contribution in [0.15, 0.2) is 0 Å². The summed E-state index contributed by atoms with van der Waals surface area (Å²) in [5, 5.41) is 8.97. The van der Waals surface area contributed by atoms with Crippen molar-refractivity contribution in [1.29, 1.82) is 5.26 Å². The molecule has 0 aromatic heterocycles. The molecule has 0 N–H and O–H groups in total. The smallest absolute Gasteiger partial charge is 0.367 e. The Morgan fingerprint density at radius 3 is 2.28 bits per heavy atom. The molecule has 1 aliphatic carbocycles. The number of hydrogen-bond acceptors (Lipinski definition) is 2. The van der Waals surface area contributed by atoms with Crippen LogP contribution in [0.3, 0.4) is 0 Å². The van der Waals surface area contributed by atoms with Crippen LogP contribution in [0.1, 0.15) is 40.0 Å². The lowest BCUT2D eigenvalue weighted by Crippen LogP contribution is -2.37. The minimum atomic E-state index is -4.32. The van der Waals surface area contributed by atoms with Crippen molar-refractivity contribution in [2.24, 2.45) is 17.3 Å². The highest BCUT2D eigenvalue weighted by atomic mass is 19.4. The second-order valence-electron chi connectivity index (χ2n) is 6.08. The molecular weight excluding hydrogens is 243 g/mol. The Labute approximate surface area is 106 Å².